The smallest absolute Gasteiger partial charge is 0.251 e. The molecule has 1 unspecified atom stereocenters. The van der Waals surface area contributed by atoms with Crippen molar-refractivity contribution in [3.05, 3.63) is 72.2 Å². The van der Waals surface area contributed by atoms with Crippen molar-refractivity contribution < 1.29 is 14.0 Å². The lowest BCUT2D eigenvalue weighted by atomic mass is 10.1. The first-order valence-corrected chi connectivity index (χ1v) is 11.0. The standard InChI is InChI=1S/C25H29N3O3/c29-24(27-18-22(23-9-6-16-31-23)28-14-4-1-5-15-28)12-13-26-25(30)21-11-10-19-7-2-3-8-20(19)17-21/h2-3,6-11,16-17,22H,1,4-5,12-15,18H2,(H,26,30)(H,27,29). The lowest BCUT2D eigenvalue weighted by Crippen LogP contribution is -2.41. The number of hydrogen-bond acceptors (Lipinski definition) is 4. The first-order chi connectivity index (χ1) is 15.2. The molecule has 1 aromatic heterocycles. The molecule has 162 valence electrons. The number of furan rings is 1. The Bertz CT molecular complexity index is 1010. The summed E-state index contributed by atoms with van der Waals surface area (Å²) in [6.45, 7) is 2.84. The molecule has 2 N–H and O–H groups in total. The molecule has 2 aromatic carbocycles. The van der Waals surface area contributed by atoms with Gasteiger partial charge in [0.1, 0.15) is 5.76 Å². The summed E-state index contributed by atoms with van der Waals surface area (Å²) in [7, 11) is 0. The number of hydrogen-bond donors (Lipinski definition) is 2. The molecule has 31 heavy (non-hydrogen) atoms. The summed E-state index contributed by atoms with van der Waals surface area (Å²) in [6.07, 6.45) is 5.52. The lowest BCUT2D eigenvalue weighted by Gasteiger charge is -2.33. The molecule has 1 fully saturated rings. The van der Waals surface area contributed by atoms with Gasteiger partial charge in [0, 0.05) is 25.1 Å². The van der Waals surface area contributed by atoms with E-state index in [1.54, 1.807) is 6.26 Å². The van der Waals surface area contributed by atoms with Crippen LogP contribution in [0.15, 0.2) is 65.3 Å². The van der Waals surface area contributed by atoms with Gasteiger partial charge in [0.25, 0.3) is 5.91 Å². The third-order valence-corrected chi connectivity index (χ3v) is 5.84. The topological polar surface area (TPSA) is 74.6 Å². The van der Waals surface area contributed by atoms with Crippen LogP contribution in [0.2, 0.25) is 0 Å². The largest absolute Gasteiger partial charge is 0.468 e. The summed E-state index contributed by atoms with van der Waals surface area (Å²) < 4.78 is 5.62. The van der Waals surface area contributed by atoms with Gasteiger partial charge in [0.05, 0.1) is 12.3 Å². The van der Waals surface area contributed by atoms with Crippen LogP contribution in [-0.2, 0) is 4.79 Å². The normalized spacial score (nSPS) is 15.5. The van der Waals surface area contributed by atoms with E-state index in [1.807, 2.05) is 54.6 Å². The van der Waals surface area contributed by atoms with Crippen molar-refractivity contribution in [3.63, 3.8) is 0 Å². The number of nitrogens with zero attached hydrogens (tertiary/aromatic N) is 1. The van der Waals surface area contributed by atoms with Crippen LogP contribution in [0.1, 0.15) is 47.8 Å². The van der Waals surface area contributed by atoms with Crippen LogP contribution in [0, 0.1) is 0 Å². The van der Waals surface area contributed by atoms with E-state index < -0.39 is 0 Å². The van der Waals surface area contributed by atoms with Crippen molar-refractivity contribution in [2.24, 2.45) is 0 Å². The van der Waals surface area contributed by atoms with Crippen LogP contribution in [-0.4, -0.2) is 42.9 Å². The number of nitrogens with one attached hydrogen (secondary N) is 2. The van der Waals surface area contributed by atoms with Gasteiger partial charge in [-0.3, -0.25) is 14.5 Å². The molecule has 1 saturated heterocycles. The molecule has 1 aliphatic heterocycles. The van der Waals surface area contributed by atoms with Crippen LogP contribution in [0.3, 0.4) is 0 Å². The molecule has 2 heterocycles. The maximum atomic E-state index is 12.4. The van der Waals surface area contributed by atoms with Crippen LogP contribution >= 0.6 is 0 Å². The monoisotopic (exact) mass is 419 g/mol. The highest BCUT2D eigenvalue weighted by atomic mass is 16.3. The van der Waals surface area contributed by atoms with Crippen molar-refractivity contribution in [1.29, 1.82) is 0 Å². The Morgan fingerprint density at radius 2 is 1.74 bits per heavy atom. The summed E-state index contributed by atoms with van der Waals surface area (Å²) in [5, 5.41) is 7.98. The third-order valence-electron chi connectivity index (χ3n) is 5.84. The van der Waals surface area contributed by atoms with Gasteiger partial charge in [-0.15, -0.1) is 0 Å². The molecule has 6 nitrogen and oxygen atoms in total. The zero-order valence-electron chi connectivity index (χ0n) is 17.7. The predicted molar refractivity (Wildman–Crippen MR) is 121 cm³/mol. The second-order valence-corrected chi connectivity index (χ2v) is 8.00. The van der Waals surface area contributed by atoms with Crippen LogP contribution in [0.4, 0.5) is 0 Å². The van der Waals surface area contributed by atoms with E-state index in [2.05, 4.69) is 15.5 Å². The molecule has 0 aliphatic carbocycles. The van der Waals surface area contributed by atoms with Gasteiger partial charge < -0.3 is 15.1 Å². The van der Waals surface area contributed by atoms with E-state index >= 15 is 0 Å². The molecule has 2 amide bonds. The van der Waals surface area contributed by atoms with E-state index in [1.165, 1.54) is 19.3 Å². The first kappa shape index (κ1) is 21.1. The fourth-order valence-electron chi connectivity index (χ4n) is 4.14. The number of amides is 2. The molecular weight excluding hydrogens is 390 g/mol. The third kappa shape index (κ3) is 5.52. The molecule has 6 heteroatoms. The first-order valence-electron chi connectivity index (χ1n) is 11.0. The van der Waals surface area contributed by atoms with Crippen molar-refractivity contribution in [2.75, 3.05) is 26.2 Å². The Kier molecular flexibility index (Phi) is 6.99. The predicted octanol–water partition coefficient (Wildman–Crippen LogP) is 3.90. The molecular formula is C25H29N3O3. The van der Waals surface area contributed by atoms with Gasteiger partial charge in [0.2, 0.25) is 5.91 Å². The van der Waals surface area contributed by atoms with Gasteiger partial charge in [-0.1, -0.05) is 36.8 Å². The Morgan fingerprint density at radius 1 is 0.935 bits per heavy atom. The Hall–Kier alpha value is -3.12. The van der Waals surface area contributed by atoms with E-state index in [-0.39, 0.29) is 24.3 Å². The number of likely N-dealkylation sites (tertiary alicyclic amines) is 1. The lowest BCUT2D eigenvalue weighted by molar-refractivity contribution is -0.121. The number of piperidine rings is 1. The molecule has 4 rings (SSSR count). The minimum atomic E-state index is -0.166. The van der Waals surface area contributed by atoms with Crippen molar-refractivity contribution >= 4 is 22.6 Å². The molecule has 0 radical (unpaired) electrons. The average molecular weight is 420 g/mol. The molecule has 0 saturated carbocycles. The second-order valence-electron chi connectivity index (χ2n) is 8.00. The van der Waals surface area contributed by atoms with E-state index in [9.17, 15) is 9.59 Å². The number of carbonyl (C=O) groups is 2. The Morgan fingerprint density at radius 3 is 2.52 bits per heavy atom. The molecule has 1 aliphatic rings. The number of rotatable bonds is 8. The zero-order chi connectivity index (χ0) is 21.5. The van der Waals surface area contributed by atoms with Crippen LogP contribution in [0.5, 0.6) is 0 Å². The van der Waals surface area contributed by atoms with Gasteiger partial charge in [0.15, 0.2) is 0 Å². The summed E-state index contributed by atoms with van der Waals surface area (Å²) in [5.41, 5.74) is 0.599. The Balaban J connectivity index is 1.25. The highest BCUT2D eigenvalue weighted by molar-refractivity contribution is 5.98. The highest BCUT2D eigenvalue weighted by Gasteiger charge is 2.24. The molecule has 1 atom stereocenters. The second kappa shape index (κ2) is 10.3. The number of carbonyl (C=O) groups excluding carboxylic acids is 2. The fraction of sp³-hybridized carbons (Fsp3) is 0.360. The maximum absolute atomic E-state index is 12.4. The van der Waals surface area contributed by atoms with Crippen LogP contribution in [0.25, 0.3) is 10.8 Å². The van der Waals surface area contributed by atoms with Crippen molar-refractivity contribution in [2.45, 2.75) is 31.7 Å². The summed E-state index contributed by atoms with van der Waals surface area (Å²) in [4.78, 5) is 27.2. The van der Waals surface area contributed by atoms with E-state index in [0.717, 1.165) is 29.6 Å². The number of benzene rings is 2. The summed E-state index contributed by atoms with van der Waals surface area (Å²) in [6, 6.07) is 17.4. The zero-order valence-corrected chi connectivity index (χ0v) is 17.7. The molecule has 0 spiro atoms. The van der Waals surface area contributed by atoms with Crippen molar-refractivity contribution in [1.82, 2.24) is 15.5 Å². The van der Waals surface area contributed by atoms with Gasteiger partial charge in [-0.25, -0.2) is 0 Å². The van der Waals surface area contributed by atoms with Crippen molar-refractivity contribution in [3.8, 4) is 0 Å². The van der Waals surface area contributed by atoms with Crippen LogP contribution < -0.4 is 10.6 Å². The van der Waals surface area contributed by atoms with Gasteiger partial charge in [-0.2, -0.15) is 0 Å². The fourth-order valence-corrected chi connectivity index (χ4v) is 4.14. The highest BCUT2D eigenvalue weighted by Crippen LogP contribution is 2.24. The SMILES string of the molecule is O=C(CCNC(=O)c1ccc2ccccc2c1)NCC(c1ccco1)N1CCCCC1. The molecule has 3 aromatic rings. The number of fused-ring (bicyclic) bond motifs is 1. The van der Waals surface area contributed by atoms with Gasteiger partial charge >= 0.3 is 0 Å². The average Bonchev–Trinajstić information content (AvgIpc) is 3.34. The van der Waals surface area contributed by atoms with E-state index in [4.69, 9.17) is 4.42 Å². The minimum absolute atomic E-state index is 0.0476. The quantitative estimate of drug-likeness (QED) is 0.581. The summed E-state index contributed by atoms with van der Waals surface area (Å²) >= 11 is 0. The molecule has 0 bridgehead atoms. The summed E-state index contributed by atoms with van der Waals surface area (Å²) in [5.74, 6) is 0.638. The van der Waals surface area contributed by atoms with Gasteiger partial charge in [-0.05, 0) is 61.0 Å². The Labute approximate surface area is 182 Å². The minimum Gasteiger partial charge on any atom is -0.468 e. The maximum Gasteiger partial charge on any atom is 0.251 e. The van der Waals surface area contributed by atoms with E-state index in [0.29, 0.717) is 18.7 Å².